The van der Waals surface area contributed by atoms with Gasteiger partial charge in [0.2, 0.25) is 0 Å². The molecule has 0 aliphatic heterocycles. The van der Waals surface area contributed by atoms with Crippen molar-refractivity contribution in [2.45, 2.75) is 19.4 Å². The Morgan fingerprint density at radius 2 is 2.00 bits per heavy atom. The maximum absolute atomic E-state index is 6.02. The Kier molecular flexibility index (Phi) is 2.34. The molecule has 1 rings (SSSR count). The normalized spacial score (nSPS) is 15.2. The van der Waals surface area contributed by atoms with Gasteiger partial charge in [0.1, 0.15) is 0 Å². The highest BCUT2D eigenvalue weighted by atomic mass is 14.7. The lowest BCUT2D eigenvalue weighted by atomic mass is 9.90. The minimum atomic E-state index is -0.411. The molecule has 1 atom stereocenters. The van der Waals surface area contributed by atoms with Crippen molar-refractivity contribution in [3.63, 3.8) is 0 Å². The van der Waals surface area contributed by atoms with Gasteiger partial charge in [0.15, 0.2) is 0 Å². The molecule has 1 aromatic rings. The van der Waals surface area contributed by atoms with Crippen molar-refractivity contribution >= 4 is 0 Å². The standard InChI is InChI=1S/C11H15N/c1-4-11(3,12)10-8-6-5-7-9(10)2/h4-8H,1,12H2,2-3H3/t11-/m0/s1. The summed E-state index contributed by atoms with van der Waals surface area (Å²) in [5, 5.41) is 0. The molecule has 1 aromatic carbocycles. The zero-order valence-corrected chi connectivity index (χ0v) is 7.67. The Labute approximate surface area is 73.9 Å². The van der Waals surface area contributed by atoms with E-state index in [0.717, 1.165) is 5.56 Å². The Morgan fingerprint density at radius 3 is 2.50 bits per heavy atom. The van der Waals surface area contributed by atoms with Crippen LogP contribution in [0.25, 0.3) is 0 Å². The Hall–Kier alpha value is -1.08. The molecule has 0 bridgehead atoms. The maximum atomic E-state index is 6.02. The van der Waals surface area contributed by atoms with Crippen LogP contribution in [0.2, 0.25) is 0 Å². The first-order valence-corrected chi connectivity index (χ1v) is 4.06. The summed E-state index contributed by atoms with van der Waals surface area (Å²) >= 11 is 0. The Balaban J connectivity index is 3.19. The van der Waals surface area contributed by atoms with Gasteiger partial charge < -0.3 is 5.73 Å². The fraction of sp³-hybridized carbons (Fsp3) is 0.273. The predicted octanol–water partition coefficient (Wildman–Crippen LogP) is 2.35. The second kappa shape index (κ2) is 3.11. The smallest absolute Gasteiger partial charge is 0.0566 e. The van der Waals surface area contributed by atoms with Gasteiger partial charge in [-0.1, -0.05) is 30.3 Å². The topological polar surface area (TPSA) is 26.0 Å². The van der Waals surface area contributed by atoms with Gasteiger partial charge in [-0.2, -0.15) is 0 Å². The number of rotatable bonds is 2. The Bertz CT molecular complexity index is 287. The molecule has 1 heteroatoms. The summed E-state index contributed by atoms with van der Waals surface area (Å²) < 4.78 is 0. The van der Waals surface area contributed by atoms with Crippen molar-refractivity contribution in [1.29, 1.82) is 0 Å². The highest BCUT2D eigenvalue weighted by Gasteiger charge is 2.17. The number of hydrogen-bond acceptors (Lipinski definition) is 1. The Morgan fingerprint density at radius 1 is 1.42 bits per heavy atom. The molecule has 0 fully saturated rings. The lowest BCUT2D eigenvalue weighted by Crippen LogP contribution is -2.30. The quantitative estimate of drug-likeness (QED) is 0.662. The number of nitrogens with two attached hydrogens (primary N) is 1. The third kappa shape index (κ3) is 1.56. The van der Waals surface area contributed by atoms with E-state index in [1.54, 1.807) is 6.08 Å². The summed E-state index contributed by atoms with van der Waals surface area (Å²) in [4.78, 5) is 0. The second-order valence-electron chi connectivity index (χ2n) is 3.30. The third-order valence-electron chi connectivity index (χ3n) is 2.15. The first-order chi connectivity index (χ1) is 5.58. The summed E-state index contributed by atoms with van der Waals surface area (Å²) in [6, 6.07) is 8.11. The van der Waals surface area contributed by atoms with E-state index in [-0.39, 0.29) is 0 Å². The van der Waals surface area contributed by atoms with E-state index in [4.69, 9.17) is 5.73 Å². The summed E-state index contributed by atoms with van der Waals surface area (Å²) in [7, 11) is 0. The molecule has 64 valence electrons. The fourth-order valence-electron chi connectivity index (χ4n) is 1.29. The molecule has 0 unspecified atom stereocenters. The van der Waals surface area contributed by atoms with Crippen LogP contribution in [-0.2, 0) is 5.54 Å². The number of aryl methyl sites for hydroxylation is 1. The minimum absolute atomic E-state index is 0.411. The van der Waals surface area contributed by atoms with Gasteiger partial charge in [0.05, 0.1) is 5.54 Å². The van der Waals surface area contributed by atoms with E-state index in [2.05, 4.69) is 19.6 Å². The molecule has 1 nitrogen and oxygen atoms in total. The molecule has 0 saturated carbocycles. The molecule has 0 heterocycles. The van der Waals surface area contributed by atoms with Gasteiger partial charge in [0.25, 0.3) is 0 Å². The molecule has 0 radical (unpaired) electrons. The van der Waals surface area contributed by atoms with Gasteiger partial charge in [-0.05, 0) is 25.0 Å². The van der Waals surface area contributed by atoms with Gasteiger partial charge in [0, 0.05) is 0 Å². The van der Waals surface area contributed by atoms with Crippen molar-refractivity contribution in [3.05, 3.63) is 48.0 Å². The summed E-state index contributed by atoms with van der Waals surface area (Å²) in [6.07, 6.45) is 1.77. The van der Waals surface area contributed by atoms with Crippen LogP contribution < -0.4 is 5.73 Å². The third-order valence-corrected chi connectivity index (χ3v) is 2.15. The first-order valence-electron chi connectivity index (χ1n) is 4.06. The number of hydrogen-bond donors (Lipinski definition) is 1. The maximum Gasteiger partial charge on any atom is 0.0566 e. The van der Waals surface area contributed by atoms with Crippen LogP contribution in [0, 0.1) is 6.92 Å². The molecule has 0 amide bonds. The van der Waals surface area contributed by atoms with E-state index in [0.29, 0.717) is 0 Å². The molecular formula is C11H15N. The molecule has 0 aliphatic carbocycles. The molecule has 2 N–H and O–H groups in total. The van der Waals surface area contributed by atoms with Crippen molar-refractivity contribution in [3.8, 4) is 0 Å². The molecule has 0 spiro atoms. The van der Waals surface area contributed by atoms with Gasteiger partial charge in [-0.3, -0.25) is 0 Å². The average Bonchev–Trinajstić information content (AvgIpc) is 2.05. The van der Waals surface area contributed by atoms with Gasteiger partial charge in [-0.25, -0.2) is 0 Å². The highest BCUT2D eigenvalue weighted by Crippen LogP contribution is 2.21. The SMILES string of the molecule is C=C[C@](C)(N)c1ccccc1C. The zero-order valence-electron chi connectivity index (χ0n) is 7.67. The van der Waals surface area contributed by atoms with E-state index in [1.165, 1.54) is 5.56 Å². The summed E-state index contributed by atoms with van der Waals surface area (Å²) in [5.74, 6) is 0. The van der Waals surface area contributed by atoms with Gasteiger partial charge in [-0.15, -0.1) is 6.58 Å². The predicted molar refractivity (Wildman–Crippen MR) is 52.9 cm³/mol. The summed E-state index contributed by atoms with van der Waals surface area (Å²) in [6.45, 7) is 7.74. The van der Waals surface area contributed by atoms with Crippen LogP contribution in [0.3, 0.4) is 0 Å². The zero-order chi connectivity index (χ0) is 9.19. The van der Waals surface area contributed by atoms with Crippen LogP contribution in [0.5, 0.6) is 0 Å². The monoisotopic (exact) mass is 161 g/mol. The van der Waals surface area contributed by atoms with Gasteiger partial charge >= 0.3 is 0 Å². The van der Waals surface area contributed by atoms with Crippen molar-refractivity contribution < 1.29 is 0 Å². The first kappa shape index (κ1) is 9.01. The van der Waals surface area contributed by atoms with Crippen LogP contribution in [0.15, 0.2) is 36.9 Å². The van der Waals surface area contributed by atoms with Crippen molar-refractivity contribution in [2.75, 3.05) is 0 Å². The molecule has 0 aromatic heterocycles. The van der Waals surface area contributed by atoms with E-state index < -0.39 is 5.54 Å². The van der Waals surface area contributed by atoms with E-state index >= 15 is 0 Å². The molecule has 0 saturated heterocycles. The highest BCUT2D eigenvalue weighted by molar-refractivity contribution is 5.34. The van der Waals surface area contributed by atoms with Crippen molar-refractivity contribution in [2.24, 2.45) is 5.73 Å². The molecular weight excluding hydrogens is 146 g/mol. The lowest BCUT2D eigenvalue weighted by molar-refractivity contribution is 0.627. The van der Waals surface area contributed by atoms with Crippen molar-refractivity contribution in [1.82, 2.24) is 0 Å². The summed E-state index contributed by atoms with van der Waals surface area (Å²) in [5.41, 5.74) is 7.96. The van der Waals surface area contributed by atoms with Crippen LogP contribution in [0.1, 0.15) is 18.1 Å². The average molecular weight is 161 g/mol. The molecule has 0 aliphatic rings. The molecule has 12 heavy (non-hydrogen) atoms. The van der Waals surface area contributed by atoms with Crippen LogP contribution in [0.4, 0.5) is 0 Å². The minimum Gasteiger partial charge on any atom is -0.318 e. The fourth-order valence-corrected chi connectivity index (χ4v) is 1.29. The van der Waals surface area contributed by atoms with E-state index in [9.17, 15) is 0 Å². The van der Waals surface area contributed by atoms with Crippen LogP contribution >= 0.6 is 0 Å². The second-order valence-corrected chi connectivity index (χ2v) is 3.30. The van der Waals surface area contributed by atoms with Crippen LogP contribution in [-0.4, -0.2) is 0 Å². The largest absolute Gasteiger partial charge is 0.318 e. The van der Waals surface area contributed by atoms with E-state index in [1.807, 2.05) is 25.1 Å². The number of benzene rings is 1. The lowest BCUT2D eigenvalue weighted by Gasteiger charge is -2.22.